The maximum atomic E-state index is 13.6. The summed E-state index contributed by atoms with van der Waals surface area (Å²) < 4.78 is 9.52. The van der Waals surface area contributed by atoms with Crippen molar-refractivity contribution < 1.29 is 9.53 Å². The molecular formula is C33H49N5O2S. The number of aromatic nitrogens is 2. The molecule has 0 aromatic carbocycles. The second-order valence-corrected chi connectivity index (χ2v) is 16.1. The van der Waals surface area contributed by atoms with Crippen LogP contribution >= 0.6 is 11.9 Å². The summed E-state index contributed by atoms with van der Waals surface area (Å²) in [5.74, 6) is 2.48. The summed E-state index contributed by atoms with van der Waals surface area (Å²) in [5.41, 5.74) is 1.05. The lowest BCUT2D eigenvalue weighted by Gasteiger charge is -2.48. The van der Waals surface area contributed by atoms with Crippen molar-refractivity contribution in [2.45, 2.75) is 128 Å². The van der Waals surface area contributed by atoms with E-state index in [0.29, 0.717) is 17.4 Å². The minimum Gasteiger partial charge on any atom is -0.370 e. The molecule has 8 heteroatoms. The number of nitrogens with zero attached hydrogens (tertiary/aromatic N) is 3. The Hall–Kier alpha value is -2.32. The average Bonchev–Trinajstić information content (AvgIpc) is 3.15. The number of carbonyl (C=O) groups is 1. The molecule has 0 radical (unpaired) electrons. The van der Waals surface area contributed by atoms with E-state index in [9.17, 15) is 4.79 Å². The van der Waals surface area contributed by atoms with Crippen LogP contribution < -0.4 is 14.9 Å². The highest BCUT2D eigenvalue weighted by Gasteiger charge is 2.44. The van der Waals surface area contributed by atoms with Gasteiger partial charge in [-0.1, -0.05) is 26.8 Å². The molecule has 1 amide bonds. The van der Waals surface area contributed by atoms with E-state index in [-0.39, 0.29) is 34.1 Å². The second kappa shape index (κ2) is 10.7. The van der Waals surface area contributed by atoms with Gasteiger partial charge in [-0.3, -0.25) is 9.52 Å². The van der Waals surface area contributed by atoms with E-state index in [1.54, 1.807) is 0 Å². The first-order valence-electron chi connectivity index (χ1n) is 15.2. The Bertz CT molecular complexity index is 1270. The third kappa shape index (κ3) is 6.85. The van der Waals surface area contributed by atoms with Gasteiger partial charge in [0.05, 0.1) is 16.8 Å². The van der Waals surface area contributed by atoms with Crippen molar-refractivity contribution >= 4 is 29.5 Å². The van der Waals surface area contributed by atoms with Crippen LogP contribution in [0.5, 0.6) is 0 Å². The molecule has 4 bridgehead atoms. The van der Waals surface area contributed by atoms with Gasteiger partial charge in [-0.05, 0) is 110 Å². The lowest BCUT2D eigenvalue weighted by molar-refractivity contribution is -0.174. The van der Waals surface area contributed by atoms with E-state index >= 15 is 0 Å². The summed E-state index contributed by atoms with van der Waals surface area (Å²) in [5, 5.41) is 4.60. The van der Waals surface area contributed by atoms with Crippen molar-refractivity contribution in [3.05, 3.63) is 41.6 Å². The Kier molecular flexibility index (Phi) is 7.90. The van der Waals surface area contributed by atoms with Crippen molar-refractivity contribution in [2.75, 3.05) is 16.8 Å². The van der Waals surface area contributed by atoms with Crippen LogP contribution in [-0.4, -0.2) is 45.2 Å². The molecule has 5 heterocycles. The average molecular weight is 580 g/mol. The molecule has 0 spiro atoms. The number of pyridine rings is 2. The van der Waals surface area contributed by atoms with Gasteiger partial charge in [0.1, 0.15) is 16.7 Å². The molecule has 2 saturated heterocycles. The quantitative estimate of drug-likeness (QED) is 0.341. The van der Waals surface area contributed by atoms with E-state index in [0.717, 1.165) is 61.0 Å². The second-order valence-electron chi connectivity index (χ2n) is 15.3. The zero-order valence-electron chi connectivity index (χ0n) is 26.4. The van der Waals surface area contributed by atoms with E-state index in [1.165, 1.54) is 11.9 Å². The van der Waals surface area contributed by atoms with E-state index in [1.807, 2.05) is 30.3 Å². The fourth-order valence-electron chi connectivity index (χ4n) is 7.39. The van der Waals surface area contributed by atoms with Crippen molar-refractivity contribution in [1.82, 2.24) is 14.7 Å². The number of hydrogen-bond acceptors (Lipinski definition) is 7. The Labute approximate surface area is 251 Å². The molecule has 2 atom stereocenters. The topological polar surface area (TPSA) is 79.4 Å². The Balaban J connectivity index is 1.52. The number of rotatable bonds is 1. The number of hydrogen-bond donors (Lipinski definition) is 2. The lowest BCUT2D eigenvalue weighted by Crippen LogP contribution is -2.49. The van der Waals surface area contributed by atoms with Gasteiger partial charge in [0.15, 0.2) is 0 Å². The predicted octanol–water partition coefficient (Wildman–Crippen LogP) is 7.37. The van der Waals surface area contributed by atoms with Gasteiger partial charge in [-0.2, -0.15) is 0 Å². The highest BCUT2D eigenvalue weighted by molar-refractivity contribution is 7.97. The van der Waals surface area contributed by atoms with Crippen LogP contribution in [0.4, 0.5) is 11.6 Å². The summed E-state index contributed by atoms with van der Waals surface area (Å²) in [7, 11) is 0. The molecule has 5 rings (SSSR count). The minimum absolute atomic E-state index is 0.106. The molecule has 0 saturated carbocycles. The zero-order chi connectivity index (χ0) is 29.8. The van der Waals surface area contributed by atoms with Crippen LogP contribution in [0.15, 0.2) is 35.4 Å². The summed E-state index contributed by atoms with van der Waals surface area (Å²) in [6.45, 7) is 20.9. The Morgan fingerprint density at radius 3 is 2.34 bits per heavy atom. The molecule has 2 N–H and O–H groups in total. The van der Waals surface area contributed by atoms with Crippen LogP contribution in [0, 0.1) is 11.8 Å². The monoisotopic (exact) mass is 579 g/mol. The minimum atomic E-state index is -0.174. The van der Waals surface area contributed by atoms with Crippen LogP contribution in [-0.2, 0) is 10.2 Å². The Morgan fingerprint density at radius 1 is 0.951 bits per heavy atom. The normalized spacial score (nSPS) is 26.3. The fourth-order valence-corrected chi connectivity index (χ4v) is 7.99. The maximum Gasteiger partial charge on any atom is 0.265 e. The summed E-state index contributed by atoms with van der Waals surface area (Å²) in [4.78, 5) is 26.1. The Morgan fingerprint density at radius 2 is 1.66 bits per heavy atom. The zero-order valence-corrected chi connectivity index (χ0v) is 27.2. The molecule has 2 aromatic rings. The molecule has 41 heavy (non-hydrogen) atoms. The predicted molar refractivity (Wildman–Crippen MR) is 169 cm³/mol. The molecule has 7 nitrogen and oxygen atoms in total. The number of fused-ring (bicyclic) bond motifs is 6. The van der Waals surface area contributed by atoms with Crippen molar-refractivity contribution in [3.63, 3.8) is 0 Å². The third-order valence-electron chi connectivity index (χ3n) is 8.92. The number of amides is 1. The van der Waals surface area contributed by atoms with Crippen LogP contribution in [0.3, 0.4) is 0 Å². The first-order valence-corrected chi connectivity index (χ1v) is 16.0. The van der Waals surface area contributed by atoms with Gasteiger partial charge in [0, 0.05) is 41.2 Å². The fraction of sp³-hybridized carbons (Fsp3) is 0.667. The van der Waals surface area contributed by atoms with Gasteiger partial charge < -0.3 is 15.0 Å². The van der Waals surface area contributed by atoms with Gasteiger partial charge >= 0.3 is 0 Å². The highest BCUT2D eigenvalue weighted by Crippen LogP contribution is 2.44. The number of anilines is 2. The molecule has 0 aliphatic carbocycles. The summed E-state index contributed by atoms with van der Waals surface area (Å²) >= 11 is 1.26. The van der Waals surface area contributed by atoms with Gasteiger partial charge in [-0.15, -0.1) is 0 Å². The van der Waals surface area contributed by atoms with Crippen molar-refractivity contribution in [2.24, 2.45) is 11.8 Å². The van der Waals surface area contributed by atoms with Gasteiger partial charge in [-0.25, -0.2) is 9.97 Å². The van der Waals surface area contributed by atoms with Crippen LogP contribution in [0.2, 0.25) is 0 Å². The molecule has 2 aromatic heterocycles. The third-order valence-corrected chi connectivity index (χ3v) is 9.65. The number of ether oxygens (including phenoxy) is 1. The maximum absolute atomic E-state index is 13.6. The first kappa shape index (κ1) is 30.1. The standard InChI is InChI=1S/C33H49N5O2S/c1-30(2,3)25-16-14-23-28(35-25)38-20-21(17-31(38,4)5)13-15-24(22-18-32(6,7)40-33(8,9)19-22)34-26-11-10-12-27(36-26)41-37-29(23)39/h10-12,14,16,21-22,24H,13,15,17-20H2,1-9H3,(H,34,36)(H,37,39)/t21-,24?/m0/s1. The molecule has 224 valence electrons. The molecule has 3 aliphatic heterocycles. The van der Waals surface area contributed by atoms with Crippen LogP contribution in [0.1, 0.15) is 110 Å². The number of carbonyl (C=O) groups excluding carboxylic acids is 1. The molecular weight excluding hydrogens is 530 g/mol. The molecule has 2 fully saturated rings. The van der Waals surface area contributed by atoms with Crippen molar-refractivity contribution in [3.8, 4) is 0 Å². The highest BCUT2D eigenvalue weighted by atomic mass is 32.2. The van der Waals surface area contributed by atoms with E-state index in [4.69, 9.17) is 14.7 Å². The summed E-state index contributed by atoms with van der Waals surface area (Å²) in [6, 6.07) is 10.2. The number of nitrogens with one attached hydrogen (secondary N) is 2. The largest absolute Gasteiger partial charge is 0.370 e. The molecule has 1 unspecified atom stereocenters. The van der Waals surface area contributed by atoms with Gasteiger partial charge in [0.25, 0.3) is 5.91 Å². The lowest BCUT2D eigenvalue weighted by atomic mass is 9.75. The first-order chi connectivity index (χ1) is 19.0. The van der Waals surface area contributed by atoms with E-state index in [2.05, 4.69) is 77.3 Å². The SMILES string of the molecule is CC1(C)CC(C2CC[C@@H]3CN(c4nc(C(C)(C)C)ccc4C(=O)NSc4cccc(n4)N2)C(C)(C)C3)CC(C)(C)O1. The van der Waals surface area contributed by atoms with E-state index < -0.39 is 0 Å². The smallest absolute Gasteiger partial charge is 0.265 e. The molecule has 3 aliphatic rings. The van der Waals surface area contributed by atoms with Gasteiger partial charge in [0.2, 0.25) is 0 Å². The van der Waals surface area contributed by atoms with Crippen molar-refractivity contribution in [1.29, 1.82) is 0 Å². The summed E-state index contributed by atoms with van der Waals surface area (Å²) in [6.07, 6.45) is 5.24. The van der Waals surface area contributed by atoms with Crippen LogP contribution in [0.25, 0.3) is 0 Å².